The quantitative estimate of drug-likeness (QED) is 0.735. The summed E-state index contributed by atoms with van der Waals surface area (Å²) in [5, 5.41) is 8.25. The van der Waals surface area contributed by atoms with Crippen LogP contribution in [0.15, 0.2) is 48.5 Å². The zero-order valence-corrected chi connectivity index (χ0v) is 14.1. The third-order valence-electron chi connectivity index (χ3n) is 4.76. The van der Waals surface area contributed by atoms with E-state index in [1.165, 1.54) is 0 Å². The second-order valence-electron chi connectivity index (χ2n) is 6.26. The molecule has 2 heterocycles. The predicted octanol–water partition coefficient (Wildman–Crippen LogP) is 2.80. The minimum Gasteiger partial charge on any atom is -0.497 e. The minimum absolute atomic E-state index is 0.0703. The van der Waals surface area contributed by atoms with Gasteiger partial charge in [0.2, 0.25) is 5.91 Å². The second kappa shape index (κ2) is 6.55. The van der Waals surface area contributed by atoms with Crippen LogP contribution in [0.25, 0.3) is 11.0 Å². The van der Waals surface area contributed by atoms with E-state index in [1.54, 1.807) is 11.8 Å². The summed E-state index contributed by atoms with van der Waals surface area (Å²) in [5.74, 6) is 0.889. The lowest BCUT2D eigenvalue weighted by atomic mass is 10.0. The molecule has 0 radical (unpaired) electrons. The van der Waals surface area contributed by atoms with E-state index in [2.05, 4.69) is 16.4 Å². The molecule has 0 N–H and O–H groups in total. The van der Waals surface area contributed by atoms with Gasteiger partial charge >= 0.3 is 0 Å². The Hall–Kier alpha value is -2.89. The molecule has 1 fully saturated rings. The normalized spacial score (nSPS) is 17.2. The summed E-state index contributed by atoms with van der Waals surface area (Å²) in [5.41, 5.74) is 2.81. The molecule has 1 aliphatic rings. The van der Waals surface area contributed by atoms with Crippen LogP contribution in [-0.4, -0.2) is 39.5 Å². The molecule has 1 aromatic heterocycles. The first-order valence-corrected chi connectivity index (χ1v) is 8.48. The van der Waals surface area contributed by atoms with E-state index in [0.717, 1.165) is 41.7 Å². The summed E-state index contributed by atoms with van der Waals surface area (Å²) in [6.45, 7) is 0.980. The molecule has 1 aliphatic heterocycles. The van der Waals surface area contributed by atoms with Crippen molar-refractivity contribution in [2.24, 2.45) is 0 Å². The number of carbonyl (C=O) groups is 1. The Labute approximate surface area is 146 Å². The standard InChI is InChI=1S/C19H20N4O2/c1-25-15-7-4-6-14(12-15)17-10-5-11-22(17)19(24)13-23-18-9-3-2-8-16(18)20-21-23/h2-4,6-9,12,17H,5,10-11,13H2,1H3. The van der Waals surface area contributed by atoms with E-state index < -0.39 is 0 Å². The number of ether oxygens (including phenoxy) is 1. The van der Waals surface area contributed by atoms with E-state index >= 15 is 0 Å². The highest BCUT2D eigenvalue weighted by Gasteiger charge is 2.30. The number of methoxy groups -OCH3 is 1. The largest absolute Gasteiger partial charge is 0.497 e. The van der Waals surface area contributed by atoms with Crippen molar-refractivity contribution in [1.29, 1.82) is 0 Å². The lowest BCUT2D eigenvalue weighted by Crippen LogP contribution is -2.33. The molecule has 0 spiro atoms. The number of aromatic nitrogens is 3. The van der Waals surface area contributed by atoms with Crippen molar-refractivity contribution in [3.63, 3.8) is 0 Å². The molecule has 25 heavy (non-hydrogen) atoms. The molecule has 0 bridgehead atoms. The fourth-order valence-electron chi connectivity index (χ4n) is 3.51. The predicted molar refractivity (Wildman–Crippen MR) is 94.2 cm³/mol. The molecule has 4 rings (SSSR count). The maximum Gasteiger partial charge on any atom is 0.244 e. The van der Waals surface area contributed by atoms with Gasteiger partial charge in [0.25, 0.3) is 0 Å². The molecular formula is C19H20N4O2. The number of para-hydroxylation sites is 1. The summed E-state index contributed by atoms with van der Waals surface area (Å²) < 4.78 is 7.00. The highest BCUT2D eigenvalue weighted by atomic mass is 16.5. The van der Waals surface area contributed by atoms with E-state index in [-0.39, 0.29) is 18.5 Å². The third kappa shape index (κ3) is 2.95. The fraction of sp³-hybridized carbons (Fsp3) is 0.316. The van der Waals surface area contributed by atoms with Gasteiger partial charge in [0.05, 0.1) is 18.7 Å². The number of hydrogen-bond acceptors (Lipinski definition) is 4. The van der Waals surface area contributed by atoms with Crippen molar-refractivity contribution in [3.05, 3.63) is 54.1 Å². The number of fused-ring (bicyclic) bond motifs is 1. The maximum atomic E-state index is 12.9. The van der Waals surface area contributed by atoms with Crippen LogP contribution in [-0.2, 0) is 11.3 Å². The second-order valence-corrected chi connectivity index (χ2v) is 6.26. The number of carbonyl (C=O) groups excluding carboxylic acids is 1. The van der Waals surface area contributed by atoms with Gasteiger partial charge in [-0.05, 0) is 42.7 Å². The van der Waals surface area contributed by atoms with E-state index in [1.807, 2.05) is 47.4 Å². The zero-order chi connectivity index (χ0) is 17.2. The highest BCUT2D eigenvalue weighted by Crippen LogP contribution is 2.33. The molecule has 2 aromatic carbocycles. The summed E-state index contributed by atoms with van der Waals surface area (Å²) in [6.07, 6.45) is 1.97. The summed E-state index contributed by atoms with van der Waals surface area (Å²) in [4.78, 5) is 14.9. The molecule has 0 saturated carbocycles. The van der Waals surface area contributed by atoms with Crippen LogP contribution >= 0.6 is 0 Å². The van der Waals surface area contributed by atoms with Gasteiger partial charge in [0, 0.05) is 6.54 Å². The SMILES string of the molecule is COc1cccc(C2CCCN2C(=O)Cn2nnc3ccccc32)c1. The lowest BCUT2D eigenvalue weighted by Gasteiger charge is -2.25. The molecule has 128 valence electrons. The molecular weight excluding hydrogens is 316 g/mol. The number of hydrogen-bond donors (Lipinski definition) is 0. The van der Waals surface area contributed by atoms with Crippen molar-refractivity contribution in [3.8, 4) is 5.75 Å². The zero-order valence-electron chi connectivity index (χ0n) is 14.1. The Morgan fingerprint density at radius 1 is 1.24 bits per heavy atom. The molecule has 6 heteroatoms. The van der Waals surface area contributed by atoms with E-state index in [4.69, 9.17) is 4.74 Å². The Kier molecular flexibility index (Phi) is 4.09. The van der Waals surface area contributed by atoms with Crippen molar-refractivity contribution in [2.75, 3.05) is 13.7 Å². The first-order valence-electron chi connectivity index (χ1n) is 8.48. The van der Waals surface area contributed by atoms with Gasteiger partial charge in [-0.3, -0.25) is 4.79 Å². The fourth-order valence-corrected chi connectivity index (χ4v) is 3.51. The van der Waals surface area contributed by atoms with E-state index in [9.17, 15) is 4.79 Å². The highest BCUT2D eigenvalue weighted by molar-refractivity contribution is 5.80. The third-order valence-corrected chi connectivity index (χ3v) is 4.76. The Balaban J connectivity index is 1.56. The van der Waals surface area contributed by atoms with E-state index in [0.29, 0.717) is 0 Å². The first kappa shape index (κ1) is 15.6. The topological polar surface area (TPSA) is 60.2 Å². The number of rotatable bonds is 4. The molecule has 1 saturated heterocycles. The number of amides is 1. The van der Waals surface area contributed by atoms with Gasteiger partial charge < -0.3 is 9.64 Å². The van der Waals surface area contributed by atoms with Crippen molar-refractivity contribution in [1.82, 2.24) is 19.9 Å². The van der Waals surface area contributed by atoms with Gasteiger partial charge in [-0.15, -0.1) is 5.10 Å². The van der Waals surface area contributed by atoms with Crippen LogP contribution in [0.3, 0.4) is 0 Å². The molecule has 1 amide bonds. The lowest BCUT2D eigenvalue weighted by molar-refractivity contribution is -0.132. The average molecular weight is 336 g/mol. The summed E-state index contributed by atoms with van der Waals surface area (Å²) in [6, 6.07) is 15.8. The Morgan fingerprint density at radius 2 is 2.12 bits per heavy atom. The number of likely N-dealkylation sites (tertiary alicyclic amines) is 1. The smallest absolute Gasteiger partial charge is 0.244 e. The Bertz CT molecular complexity index is 905. The van der Waals surface area contributed by atoms with Gasteiger partial charge in [0.1, 0.15) is 17.8 Å². The van der Waals surface area contributed by atoms with Gasteiger partial charge in [-0.1, -0.05) is 29.5 Å². The number of nitrogens with zero attached hydrogens (tertiary/aromatic N) is 4. The van der Waals surface area contributed by atoms with Crippen LogP contribution in [0.4, 0.5) is 0 Å². The van der Waals surface area contributed by atoms with Crippen LogP contribution in [0.1, 0.15) is 24.4 Å². The molecule has 6 nitrogen and oxygen atoms in total. The van der Waals surface area contributed by atoms with Crippen molar-refractivity contribution < 1.29 is 9.53 Å². The van der Waals surface area contributed by atoms with Crippen LogP contribution in [0, 0.1) is 0 Å². The van der Waals surface area contributed by atoms with Crippen LogP contribution in [0.2, 0.25) is 0 Å². The summed E-state index contributed by atoms with van der Waals surface area (Å²) >= 11 is 0. The van der Waals surface area contributed by atoms with Gasteiger partial charge in [-0.2, -0.15) is 0 Å². The molecule has 0 aliphatic carbocycles. The van der Waals surface area contributed by atoms with Gasteiger partial charge in [-0.25, -0.2) is 4.68 Å². The monoisotopic (exact) mass is 336 g/mol. The number of benzene rings is 2. The average Bonchev–Trinajstić information content (AvgIpc) is 3.29. The molecule has 1 atom stereocenters. The van der Waals surface area contributed by atoms with Crippen LogP contribution < -0.4 is 4.74 Å². The van der Waals surface area contributed by atoms with Crippen molar-refractivity contribution >= 4 is 16.9 Å². The van der Waals surface area contributed by atoms with Gasteiger partial charge in [0.15, 0.2) is 0 Å². The van der Waals surface area contributed by atoms with Crippen LogP contribution in [0.5, 0.6) is 5.75 Å². The van der Waals surface area contributed by atoms with Crippen molar-refractivity contribution in [2.45, 2.75) is 25.4 Å². The molecule has 3 aromatic rings. The molecule has 1 unspecified atom stereocenters. The first-order chi connectivity index (χ1) is 12.3. The Morgan fingerprint density at radius 3 is 3.00 bits per heavy atom. The summed E-state index contributed by atoms with van der Waals surface area (Å²) in [7, 11) is 1.66. The minimum atomic E-state index is 0.0703. The maximum absolute atomic E-state index is 12.9.